The maximum Gasteiger partial charge on any atom is 0.132 e. The van der Waals surface area contributed by atoms with Crippen molar-refractivity contribution in [2.45, 2.75) is 78.7 Å². The van der Waals surface area contributed by atoms with E-state index in [2.05, 4.69) is 97.1 Å². The topological polar surface area (TPSA) is 45.1 Å². The molecule has 3 aromatic carbocycles. The molecule has 0 aliphatic rings. The van der Waals surface area contributed by atoms with Crippen molar-refractivity contribution in [3.8, 4) is 28.1 Å². The van der Waals surface area contributed by atoms with Crippen LogP contribution in [0.15, 0.2) is 78.9 Å². The number of aromatic hydroxyl groups is 1. The Bertz CT molecular complexity index is 1370. The Labute approximate surface area is 229 Å². The highest BCUT2D eigenvalue weighted by atomic mass is 16.3. The largest absolute Gasteiger partial charge is 0.507 e. The van der Waals surface area contributed by atoms with E-state index in [1.54, 1.807) is 0 Å². The Kier molecular flexibility index (Phi) is 7.97. The lowest BCUT2D eigenvalue weighted by molar-refractivity contribution is 0.478. The average Bonchev–Trinajstić information content (AvgIpc) is 2.88. The molecule has 38 heavy (non-hydrogen) atoms. The number of aromatic nitrogens is 1. The maximum absolute atomic E-state index is 11.5. The zero-order valence-corrected chi connectivity index (χ0v) is 24.1. The molecule has 0 aliphatic heterocycles. The van der Waals surface area contributed by atoms with E-state index in [4.69, 9.17) is 4.98 Å². The highest BCUT2D eigenvalue weighted by Crippen LogP contribution is 2.42. The van der Waals surface area contributed by atoms with Crippen LogP contribution in [0.4, 0.5) is 5.69 Å². The Morgan fingerprint density at radius 1 is 0.711 bits per heavy atom. The number of phenols is 1. The van der Waals surface area contributed by atoms with E-state index in [9.17, 15) is 5.11 Å². The first-order valence-corrected chi connectivity index (χ1v) is 13.8. The fourth-order valence-electron chi connectivity index (χ4n) is 4.95. The van der Waals surface area contributed by atoms with Crippen molar-refractivity contribution in [3.05, 3.63) is 101 Å². The van der Waals surface area contributed by atoms with Crippen LogP contribution < -0.4 is 5.32 Å². The first-order valence-electron chi connectivity index (χ1n) is 13.8. The summed E-state index contributed by atoms with van der Waals surface area (Å²) in [6.07, 6.45) is 0. The molecule has 3 heteroatoms. The minimum Gasteiger partial charge on any atom is -0.507 e. The van der Waals surface area contributed by atoms with E-state index in [-0.39, 0.29) is 17.2 Å². The Morgan fingerprint density at radius 3 is 1.87 bits per heavy atom. The lowest BCUT2D eigenvalue weighted by atomic mass is 9.83. The van der Waals surface area contributed by atoms with Gasteiger partial charge in [0.2, 0.25) is 0 Å². The number of para-hydroxylation sites is 1. The van der Waals surface area contributed by atoms with Gasteiger partial charge in [-0.15, -0.1) is 0 Å². The molecule has 4 aromatic rings. The molecule has 1 aromatic heterocycles. The van der Waals surface area contributed by atoms with E-state index in [1.807, 2.05) is 42.5 Å². The van der Waals surface area contributed by atoms with Gasteiger partial charge in [0, 0.05) is 16.8 Å². The quantitative estimate of drug-likeness (QED) is 0.262. The van der Waals surface area contributed by atoms with Crippen molar-refractivity contribution < 1.29 is 5.11 Å². The summed E-state index contributed by atoms with van der Waals surface area (Å²) < 4.78 is 0. The average molecular weight is 507 g/mol. The molecular weight excluding hydrogens is 464 g/mol. The molecular formula is C35H42N2O. The summed E-state index contributed by atoms with van der Waals surface area (Å²) in [5.41, 5.74) is 9.24. The molecule has 4 rings (SSSR count). The predicted octanol–water partition coefficient (Wildman–Crippen LogP) is 9.84. The Hall–Kier alpha value is -3.59. The van der Waals surface area contributed by atoms with Crippen LogP contribution in [0.25, 0.3) is 22.4 Å². The Balaban J connectivity index is 1.78. The SMILES string of the molecule is CC(C)c1cccc(C(C)C)c1N[C@H](C)c1cccc(-c2cc(C(C)(C)C)cc(-c3ccccc3)c2O)n1. The first kappa shape index (κ1) is 27.4. The number of nitrogens with zero attached hydrogens (tertiary/aromatic N) is 1. The summed E-state index contributed by atoms with van der Waals surface area (Å²) in [7, 11) is 0. The van der Waals surface area contributed by atoms with Gasteiger partial charge in [0.25, 0.3) is 0 Å². The second kappa shape index (κ2) is 11.0. The molecule has 198 valence electrons. The smallest absolute Gasteiger partial charge is 0.132 e. The van der Waals surface area contributed by atoms with Crippen molar-refractivity contribution in [3.63, 3.8) is 0 Å². The maximum atomic E-state index is 11.5. The van der Waals surface area contributed by atoms with Crippen molar-refractivity contribution in [1.82, 2.24) is 4.98 Å². The summed E-state index contributed by atoms with van der Waals surface area (Å²) in [6.45, 7) is 17.7. The third-order valence-electron chi connectivity index (χ3n) is 7.28. The van der Waals surface area contributed by atoms with Crippen molar-refractivity contribution >= 4 is 5.69 Å². The zero-order chi connectivity index (χ0) is 27.6. The van der Waals surface area contributed by atoms with Gasteiger partial charge in [-0.05, 0) is 70.7 Å². The molecule has 1 heterocycles. The van der Waals surface area contributed by atoms with Crippen LogP contribution >= 0.6 is 0 Å². The normalized spacial score (nSPS) is 12.7. The number of hydrogen-bond donors (Lipinski definition) is 2. The van der Waals surface area contributed by atoms with Crippen LogP contribution in [-0.2, 0) is 5.41 Å². The van der Waals surface area contributed by atoms with Crippen LogP contribution in [0.1, 0.15) is 95.7 Å². The highest BCUT2D eigenvalue weighted by Gasteiger charge is 2.22. The van der Waals surface area contributed by atoms with Gasteiger partial charge in [0.15, 0.2) is 0 Å². The number of rotatable bonds is 7. The second-order valence-corrected chi connectivity index (χ2v) is 12.0. The third-order valence-corrected chi connectivity index (χ3v) is 7.28. The zero-order valence-electron chi connectivity index (χ0n) is 24.1. The first-order chi connectivity index (χ1) is 18.0. The number of nitrogens with one attached hydrogen (secondary N) is 1. The van der Waals surface area contributed by atoms with Gasteiger partial charge in [0.05, 0.1) is 17.4 Å². The van der Waals surface area contributed by atoms with Crippen molar-refractivity contribution in [2.24, 2.45) is 0 Å². The van der Waals surface area contributed by atoms with Gasteiger partial charge < -0.3 is 10.4 Å². The number of phenolic OH excluding ortho intramolecular Hbond substituents is 1. The van der Waals surface area contributed by atoms with Gasteiger partial charge in [0.1, 0.15) is 5.75 Å². The lowest BCUT2D eigenvalue weighted by Gasteiger charge is -2.25. The van der Waals surface area contributed by atoms with Crippen molar-refractivity contribution in [2.75, 3.05) is 5.32 Å². The fraction of sp³-hybridized carbons (Fsp3) is 0.343. The van der Waals surface area contributed by atoms with Gasteiger partial charge in [-0.1, -0.05) is 103 Å². The number of anilines is 1. The standard InChI is InChI=1S/C35H42N2O/c1-22(2)27-16-12-17-28(23(3)4)33(27)36-24(5)31-18-13-19-32(37-31)30-21-26(35(6,7)8)20-29(34(30)38)25-14-10-9-11-15-25/h9-24,36,38H,1-8H3/t24-/m1/s1. The number of hydrogen-bond acceptors (Lipinski definition) is 3. The van der Waals surface area contributed by atoms with E-state index in [0.29, 0.717) is 11.8 Å². The number of benzene rings is 3. The molecule has 0 bridgehead atoms. The summed E-state index contributed by atoms with van der Waals surface area (Å²) in [5.74, 6) is 1.09. The highest BCUT2D eigenvalue weighted by molar-refractivity contribution is 5.82. The second-order valence-electron chi connectivity index (χ2n) is 12.0. The predicted molar refractivity (Wildman–Crippen MR) is 162 cm³/mol. The van der Waals surface area contributed by atoms with Gasteiger partial charge >= 0.3 is 0 Å². The molecule has 0 radical (unpaired) electrons. The summed E-state index contributed by atoms with van der Waals surface area (Å²) in [5, 5.41) is 15.3. The van der Waals surface area contributed by atoms with E-state index >= 15 is 0 Å². The van der Waals surface area contributed by atoms with Crippen molar-refractivity contribution in [1.29, 1.82) is 0 Å². The molecule has 0 spiro atoms. The molecule has 0 aliphatic carbocycles. The number of pyridine rings is 1. The van der Waals surface area contributed by atoms with Gasteiger partial charge in [-0.2, -0.15) is 0 Å². The van der Waals surface area contributed by atoms with Gasteiger partial charge in [-0.3, -0.25) is 4.98 Å². The van der Waals surface area contributed by atoms with E-state index < -0.39 is 0 Å². The van der Waals surface area contributed by atoms with Crippen LogP contribution in [-0.4, -0.2) is 10.1 Å². The van der Waals surface area contributed by atoms with Gasteiger partial charge in [-0.25, -0.2) is 0 Å². The lowest BCUT2D eigenvalue weighted by Crippen LogP contribution is -2.13. The third kappa shape index (κ3) is 5.78. The van der Waals surface area contributed by atoms with E-state index in [1.165, 1.54) is 16.8 Å². The van der Waals surface area contributed by atoms with Crippen LogP contribution in [0.5, 0.6) is 5.75 Å². The summed E-state index contributed by atoms with van der Waals surface area (Å²) in [4.78, 5) is 5.08. The summed E-state index contributed by atoms with van der Waals surface area (Å²) in [6, 6.07) is 27.0. The van der Waals surface area contributed by atoms with Crippen LogP contribution in [0.3, 0.4) is 0 Å². The molecule has 0 saturated heterocycles. The molecule has 2 N–H and O–H groups in total. The molecule has 3 nitrogen and oxygen atoms in total. The van der Waals surface area contributed by atoms with Crippen LogP contribution in [0, 0.1) is 0 Å². The molecule has 0 unspecified atom stereocenters. The minimum absolute atomic E-state index is 0.00566. The monoisotopic (exact) mass is 506 g/mol. The fourth-order valence-corrected chi connectivity index (χ4v) is 4.95. The molecule has 0 fully saturated rings. The minimum atomic E-state index is -0.0771. The van der Waals surface area contributed by atoms with Crippen LogP contribution in [0.2, 0.25) is 0 Å². The molecule has 0 saturated carbocycles. The molecule has 1 atom stereocenters. The summed E-state index contributed by atoms with van der Waals surface area (Å²) >= 11 is 0. The van der Waals surface area contributed by atoms with E-state index in [0.717, 1.165) is 33.6 Å². The Morgan fingerprint density at radius 2 is 1.29 bits per heavy atom. The molecule has 0 amide bonds.